The number of aromatic nitrogens is 3. The van der Waals surface area contributed by atoms with E-state index in [1.54, 1.807) is 19.9 Å². The number of halogens is 2. The number of phenols is 1. The Kier molecular flexibility index (Phi) is 14.3. The normalized spacial score (nSPS) is 35.6. The van der Waals surface area contributed by atoms with Gasteiger partial charge in [0.15, 0.2) is 23.0 Å². The number of fused-ring (bicyclic) bond motifs is 12. The van der Waals surface area contributed by atoms with Crippen LogP contribution in [0.25, 0.3) is 33.4 Å². The van der Waals surface area contributed by atoms with Gasteiger partial charge in [0.25, 0.3) is 5.91 Å². The van der Waals surface area contributed by atoms with E-state index in [0.717, 1.165) is 30.3 Å². The summed E-state index contributed by atoms with van der Waals surface area (Å²) in [6.07, 6.45) is -4.36. The van der Waals surface area contributed by atoms with Crippen LogP contribution in [0, 0.1) is 69.3 Å². The Morgan fingerprint density at radius 3 is 2.24 bits per heavy atom. The van der Waals surface area contributed by atoms with Crippen molar-refractivity contribution in [1.29, 1.82) is 0 Å². The predicted molar refractivity (Wildman–Crippen MR) is 297 cm³/mol. The first kappa shape index (κ1) is 60.1. The Labute approximate surface area is 499 Å². The summed E-state index contributed by atoms with van der Waals surface area (Å²) in [6, 6.07) is 5.96. The maximum Gasteiger partial charge on any atom is 0.343 e. The molecule has 2 amide bonds. The second-order valence-electron chi connectivity index (χ2n) is 25.5. The lowest BCUT2D eigenvalue weighted by atomic mass is 9.40. The highest BCUT2D eigenvalue weighted by molar-refractivity contribution is 6.09. The van der Waals surface area contributed by atoms with Gasteiger partial charge in [0.2, 0.25) is 11.3 Å². The molecule has 0 unspecified atom stereocenters. The number of aliphatic hydroxyl groups is 3. The van der Waals surface area contributed by atoms with Crippen LogP contribution in [-0.2, 0) is 60.7 Å². The van der Waals surface area contributed by atoms with Gasteiger partial charge in [-0.15, -0.1) is 5.10 Å². The zero-order chi connectivity index (χ0) is 63.3. The zero-order valence-corrected chi connectivity index (χ0v) is 48.9. The lowest BCUT2D eigenvalue weighted by molar-refractivity contribution is -0.285. The number of amides is 2. The molecule has 4 saturated carbocycles. The van der Waals surface area contributed by atoms with E-state index in [4.69, 9.17) is 28.1 Å². The Morgan fingerprint density at radius 2 is 1.55 bits per heavy atom. The van der Waals surface area contributed by atoms with Crippen molar-refractivity contribution in [3.8, 4) is 28.2 Å². The van der Waals surface area contributed by atoms with Crippen LogP contribution in [0.3, 0.4) is 0 Å². The van der Waals surface area contributed by atoms with Crippen molar-refractivity contribution in [1.82, 2.24) is 25.6 Å². The molecule has 26 heteroatoms. The van der Waals surface area contributed by atoms with Gasteiger partial charge in [-0.3, -0.25) is 33.4 Å². The van der Waals surface area contributed by atoms with Crippen molar-refractivity contribution in [2.45, 2.75) is 142 Å². The van der Waals surface area contributed by atoms with Gasteiger partial charge in [-0.2, -0.15) is 0 Å². The largest absolute Gasteiger partial charge is 0.505 e. The third-order valence-electron chi connectivity index (χ3n) is 20.8. The fourth-order valence-corrected chi connectivity index (χ4v) is 17.1. The van der Waals surface area contributed by atoms with Gasteiger partial charge in [-0.25, -0.2) is 18.4 Å². The summed E-state index contributed by atoms with van der Waals surface area (Å²) in [7, 11) is 0. The molecule has 0 bridgehead atoms. The number of hydrogen-bond acceptors (Lipinski definition) is 20. The minimum Gasteiger partial charge on any atom is -0.505 e. The van der Waals surface area contributed by atoms with Crippen LogP contribution in [0.4, 0.5) is 8.78 Å². The van der Waals surface area contributed by atoms with Gasteiger partial charge in [0.1, 0.15) is 47.2 Å². The molecular formula is C62H65F2N5O19. The monoisotopic (exact) mass is 1220 g/mol. The summed E-state index contributed by atoms with van der Waals surface area (Å²) in [5.41, 5.74) is -8.20. The molecule has 0 radical (unpaired) electrons. The van der Waals surface area contributed by atoms with Crippen LogP contribution < -0.4 is 16.1 Å². The average Bonchev–Trinajstić information content (AvgIpc) is 1.43. The van der Waals surface area contributed by atoms with Gasteiger partial charge < -0.3 is 64.3 Å². The quantitative estimate of drug-likeness (QED) is 0.0373. The van der Waals surface area contributed by atoms with Gasteiger partial charge in [0, 0.05) is 96.5 Å². The fourth-order valence-electron chi connectivity index (χ4n) is 17.1. The number of aromatic carboxylic acids is 1. The minimum atomic E-state index is -2.17. The molecule has 1 aromatic heterocycles. The minimum absolute atomic E-state index is 0.0502. The molecule has 2 saturated heterocycles. The third-order valence-corrected chi connectivity index (χ3v) is 20.8. The van der Waals surface area contributed by atoms with Crippen LogP contribution in [0.15, 0.2) is 69.7 Å². The van der Waals surface area contributed by atoms with E-state index in [1.807, 2.05) is 13.8 Å². The number of epoxide rings is 1. The highest BCUT2D eigenvalue weighted by Crippen LogP contribution is 2.76. The summed E-state index contributed by atoms with van der Waals surface area (Å²) >= 11 is 0. The third kappa shape index (κ3) is 9.00. The number of ether oxygens (including phenoxy) is 5. The van der Waals surface area contributed by atoms with E-state index in [2.05, 4.69) is 20.9 Å². The molecule has 4 heterocycles. The number of carbonyl (C=O) groups is 7. The molecule has 3 aliphatic heterocycles. The fraction of sp³-hybridized carbons (Fsp3) is 0.516. The highest BCUT2D eigenvalue weighted by atomic mass is 19.1. The molecule has 466 valence electrons. The van der Waals surface area contributed by atoms with Crippen LogP contribution in [0.1, 0.15) is 101 Å². The number of nitrogens with zero attached hydrogens (tertiary/aromatic N) is 3. The van der Waals surface area contributed by atoms with Crippen molar-refractivity contribution < 1.29 is 96.0 Å². The van der Waals surface area contributed by atoms with Crippen LogP contribution in [-0.4, -0.2) is 137 Å². The lowest BCUT2D eigenvalue weighted by Crippen LogP contribution is -2.77. The number of nitrogens with one attached hydrogen (secondary N) is 2. The molecule has 2 aromatic carbocycles. The Morgan fingerprint density at radius 1 is 0.841 bits per heavy atom. The van der Waals surface area contributed by atoms with E-state index < -0.39 is 182 Å². The van der Waals surface area contributed by atoms with Gasteiger partial charge in [-0.1, -0.05) is 32.1 Å². The number of carboxylic acids is 1. The number of carboxylic acid groups (broad SMARTS) is 1. The molecule has 19 atom stereocenters. The first-order chi connectivity index (χ1) is 41.4. The van der Waals surface area contributed by atoms with E-state index >= 15 is 0 Å². The van der Waals surface area contributed by atoms with Crippen LogP contribution in [0.2, 0.25) is 0 Å². The smallest absolute Gasteiger partial charge is 0.343 e. The van der Waals surface area contributed by atoms with E-state index in [1.165, 1.54) is 50.7 Å². The van der Waals surface area contributed by atoms with Crippen molar-refractivity contribution in [3.05, 3.63) is 99.2 Å². The second kappa shape index (κ2) is 21.0. The summed E-state index contributed by atoms with van der Waals surface area (Å²) in [5, 5.41) is 73.2. The number of carbonyl (C=O) groups excluding carboxylic acids is 6. The van der Waals surface area contributed by atoms with Gasteiger partial charge in [-0.05, 0) is 86.3 Å². The molecule has 6 aliphatic carbocycles. The SMILES string of the molecule is CC(=O)O[C@H]1[C@H]2[C@@H]([C@@H](O)[C@@H](NC(=O)CCCn3cc(CNC(=O)c4ccc(-c5c6cc(F)c(=O)cc-6oc6cc(O)c(F)cc56)c(C(=O)O)c4)nn3)[C@H]3C[C@@H]4O[C@@H]4[C@H](OC(C)=O)[C@]23C)[C@@H]2[C@@H](O)[C@@H]3[C@H]([C@H](C)C=C4OC(=O)[C@@](C)(O)[C@@]43C)[C@@]2(C)[C@H]1OC(C)=O. The zero-order valence-electron chi connectivity index (χ0n) is 48.9. The highest BCUT2D eigenvalue weighted by Gasteiger charge is 2.83. The number of aryl methyl sites for hydroxylation is 1. The van der Waals surface area contributed by atoms with E-state index in [0.29, 0.717) is 0 Å². The molecule has 6 fully saturated rings. The lowest BCUT2D eigenvalue weighted by Gasteiger charge is -2.67. The van der Waals surface area contributed by atoms with Crippen molar-refractivity contribution in [2.24, 2.45) is 57.7 Å². The summed E-state index contributed by atoms with van der Waals surface area (Å²) in [4.78, 5) is 107. The maximum absolute atomic E-state index is 14.8. The average molecular weight is 1220 g/mol. The molecule has 3 aromatic rings. The summed E-state index contributed by atoms with van der Waals surface area (Å²) in [6.45, 7) is 12.0. The van der Waals surface area contributed by atoms with Gasteiger partial charge in [0.05, 0.1) is 48.1 Å². The van der Waals surface area contributed by atoms with E-state index in [-0.39, 0.29) is 82.8 Å². The molecular weight excluding hydrogens is 1160 g/mol. The number of esters is 4. The van der Waals surface area contributed by atoms with Crippen LogP contribution >= 0.6 is 0 Å². The Hall–Kier alpha value is -8.20. The number of hydrogen-bond donors (Lipinski definition) is 7. The predicted octanol–water partition coefficient (Wildman–Crippen LogP) is 4.32. The van der Waals surface area contributed by atoms with Crippen molar-refractivity contribution >= 4 is 52.6 Å². The molecule has 24 nitrogen and oxygen atoms in total. The molecule has 7 N–H and O–H groups in total. The topological polar surface area (TPSA) is 355 Å². The summed E-state index contributed by atoms with van der Waals surface area (Å²) in [5.74, 6) is -15.3. The number of allylic oxidation sites excluding steroid dienone is 1. The number of aliphatic hydroxyl groups excluding tert-OH is 2. The molecule has 9 aliphatic rings. The molecule has 88 heavy (non-hydrogen) atoms. The Balaban J connectivity index is 0.791. The number of benzene rings is 3. The molecule has 12 rings (SSSR count). The number of aromatic hydroxyl groups is 1. The Bertz CT molecular complexity index is 3880. The molecule has 0 spiro atoms. The number of phenolic OH excluding ortho intramolecular Hbond substituents is 1. The summed E-state index contributed by atoms with van der Waals surface area (Å²) < 4.78 is 67.5. The van der Waals surface area contributed by atoms with Gasteiger partial charge >= 0.3 is 29.8 Å². The standard InChI is InChI=1S/C62H65F2N5O19/c1-23-14-41-61(7,62(8,82)58(81)88-41)48-45(23)60(6)46(51(48)77)44-47(53(83-24(2)70)55(60)85-26(4)72)59(5)33(18-40-52(87-40)54(59)84-25(3)71)49(50(44)76)66-42(75)10-9-13-69-22-28(67-68-69)21-65-56(78)27-11-12-29(30(15-27)57(79)80)43-31-16-34(63)36(73)19-38(31)86-39-20-37(74)35(64)17-32(39)43/h11-12,14-17,19-20,22-23,33,40,44-55,73,76-77,82H,9-10,13,18,21H2,1-8H3,(H,65,78)(H,66,75)(H,79,80)/t23-,33-,40+,44+,45+,46-,47-,48+,49+,50-,51-,52+,53+,54+,55+,59+,60-,61+,62-/m1/s1. The second-order valence-corrected chi connectivity index (χ2v) is 25.5. The van der Waals surface area contributed by atoms with Crippen LogP contribution in [0.5, 0.6) is 5.75 Å². The number of rotatable bonds is 13. The first-order valence-corrected chi connectivity index (χ1v) is 29.1. The van der Waals surface area contributed by atoms with Crippen molar-refractivity contribution in [3.63, 3.8) is 0 Å². The van der Waals surface area contributed by atoms with Crippen molar-refractivity contribution in [2.75, 3.05) is 0 Å². The maximum atomic E-state index is 14.8. The van der Waals surface area contributed by atoms with E-state index in [9.17, 15) is 72.7 Å². The first-order valence-electron chi connectivity index (χ1n) is 29.1.